The number of hydrogen-bond acceptors (Lipinski definition) is 7. The Kier molecular flexibility index (Phi) is 8.92. The number of fused-ring (bicyclic) bond motifs is 2. The Balaban J connectivity index is 1.47. The first kappa shape index (κ1) is 31.8. The van der Waals surface area contributed by atoms with Crippen molar-refractivity contribution in [1.29, 1.82) is 0 Å². The molecule has 12 heteroatoms. The molecule has 0 radical (unpaired) electrons. The maximum absolute atomic E-state index is 14.6. The number of halogens is 1. The van der Waals surface area contributed by atoms with E-state index in [9.17, 15) is 29.4 Å². The highest BCUT2D eigenvalue weighted by atomic mass is 79.9. The van der Waals surface area contributed by atoms with E-state index in [0.717, 1.165) is 22.9 Å². The van der Waals surface area contributed by atoms with E-state index >= 15 is 0 Å². The van der Waals surface area contributed by atoms with Gasteiger partial charge in [-0.1, -0.05) is 35.0 Å². The third-order valence-corrected chi connectivity index (χ3v) is 12.2. The van der Waals surface area contributed by atoms with Crippen LogP contribution in [0.1, 0.15) is 44.2 Å². The van der Waals surface area contributed by atoms with Gasteiger partial charge >= 0.3 is 0 Å². The molecule has 3 heterocycles. The van der Waals surface area contributed by atoms with Crippen molar-refractivity contribution in [3.05, 3.63) is 58.1 Å². The number of nitrogens with one attached hydrogen (secondary N) is 1. The van der Waals surface area contributed by atoms with Gasteiger partial charge in [0.15, 0.2) is 13.9 Å². The highest BCUT2D eigenvalue weighted by Crippen LogP contribution is 2.60. The van der Waals surface area contributed by atoms with Crippen LogP contribution in [0.3, 0.4) is 0 Å². The lowest BCUT2D eigenvalue weighted by Crippen LogP contribution is -2.46. The van der Waals surface area contributed by atoms with Gasteiger partial charge in [0.25, 0.3) is 11.8 Å². The van der Waals surface area contributed by atoms with E-state index in [4.69, 9.17) is 4.74 Å². The minimum Gasteiger partial charge on any atom is -0.432 e. The second-order valence-electron chi connectivity index (χ2n) is 12.5. The molecule has 2 aromatic carbocycles. The number of likely N-dealkylation sites (tertiary alicyclic amines) is 1. The summed E-state index contributed by atoms with van der Waals surface area (Å²) in [5.41, 5.74) is 0.988. The SMILES string of the molecule is C[C@H](O)C(=O)Nc1ccc(CN2C(=O)[C@]3(O[C@H](CC(=O)N4CCC[C@H]4CO)[C@@H]([Si](C)(C)O)[C@@H]3C)c3cc(Br)ccc32)cc1. The molecule has 3 aliphatic rings. The third kappa shape index (κ3) is 5.80. The van der Waals surface area contributed by atoms with Crippen molar-refractivity contribution in [2.24, 2.45) is 5.92 Å². The monoisotopic (exact) mass is 673 g/mol. The van der Waals surface area contributed by atoms with Crippen molar-refractivity contribution < 1.29 is 34.1 Å². The molecule has 2 aromatic rings. The van der Waals surface area contributed by atoms with E-state index in [2.05, 4.69) is 21.2 Å². The first-order chi connectivity index (χ1) is 20.3. The van der Waals surface area contributed by atoms with Gasteiger partial charge in [0.05, 0.1) is 37.4 Å². The van der Waals surface area contributed by atoms with Gasteiger partial charge in [0, 0.05) is 33.7 Å². The molecule has 43 heavy (non-hydrogen) atoms. The Morgan fingerprint density at radius 3 is 2.53 bits per heavy atom. The lowest BCUT2D eigenvalue weighted by molar-refractivity contribution is -0.150. The summed E-state index contributed by atoms with van der Waals surface area (Å²) in [4.78, 5) is 54.8. The largest absolute Gasteiger partial charge is 0.432 e. The van der Waals surface area contributed by atoms with E-state index in [1.54, 1.807) is 21.9 Å². The summed E-state index contributed by atoms with van der Waals surface area (Å²) in [6.45, 7) is 7.73. The number of carbonyl (C=O) groups excluding carboxylic acids is 3. The summed E-state index contributed by atoms with van der Waals surface area (Å²) >= 11 is 3.57. The zero-order valence-corrected chi connectivity index (χ0v) is 27.5. The van der Waals surface area contributed by atoms with Gasteiger partial charge in [-0.05, 0) is 68.8 Å². The number of aliphatic hydroxyl groups excluding tert-OH is 2. The van der Waals surface area contributed by atoms with Crippen molar-refractivity contribution in [3.63, 3.8) is 0 Å². The maximum Gasteiger partial charge on any atom is 0.264 e. The van der Waals surface area contributed by atoms with Crippen LogP contribution in [0.25, 0.3) is 0 Å². The predicted molar refractivity (Wildman–Crippen MR) is 168 cm³/mol. The van der Waals surface area contributed by atoms with Gasteiger partial charge in [0.2, 0.25) is 5.91 Å². The Bertz CT molecular complexity index is 1400. The van der Waals surface area contributed by atoms with Gasteiger partial charge in [-0.2, -0.15) is 0 Å². The molecule has 4 N–H and O–H groups in total. The third-order valence-electron chi connectivity index (χ3n) is 9.17. The van der Waals surface area contributed by atoms with E-state index in [1.165, 1.54) is 6.92 Å². The molecule has 6 atom stereocenters. The molecule has 1 spiro atoms. The van der Waals surface area contributed by atoms with Crippen LogP contribution >= 0.6 is 15.9 Å². The molecule has 10 nitrogen and oxygen atoms in total. The Labute approximate surface area is 261 Å². The molecule has 0 bridgehead atoms. The molecule has 5 rings (SSSR count). The fourth-order valence-electron chi connectivity index (χ4n) is 7.17. The fourth-order valence-corrected chi connectivity index (χ4v) is 10.1. The number of rotatable bonds is 8. The molecule has 3 amide bonds. The first-order valence-electron chi connectivity index (χ1n) is 14.8. The highest BCUT2D eigenvalue weighted by Gasteiger charge is 2.66. The second-order valence-corrected chi connectivity index (χ2v) is 17.4. The Hall–Kier alpha value is -2.61. The Morgan fingerprint density at radius 1 is 1.21 bits per heavy atom. The average Bonchev–Trinajstić information content (AvgIpc) is 3.60. The van der Waals surface area contributed by atoms with E-state index in [0.29, 0.717) is 23.5 Å². The van der Waals surface area contributed by atoms with E-state index in [-0.39, 0.29) is 43.0 Å². The topological polar surface area (TPSA) is 140 Å². The van der Waals surface area contributed by atoms with Gasteiger partial charge in [-0.15, -0.1) is 0 Å². The predicted octanol–water partition coefficient (Wildman–Crippen LogP) is 3.49. The molecular formula is C31H40BrN3O7Si. The molecule has 232 valence electrons. The number of anilines is 2. The second kappa shape index (κ2) is 12.1. The number of benzene rings is 2. The zero-order valence-electron chi connectivity index (χ0n) is 24.9. The number of hydrogen-bond donors (Lipinski definition) is 4. The van der Waals surface area contributed by atoms with Crippen LogP contribution < -0.4 is 10.2 Å². The number of aliphatic hydroxyl groups is 2. The van der Waals surface area contributed by atoms with Gasteiger partial charge in [0.1, 0.15) is 6.10 Å². The molecule has 2 saturated heterocycles. The summed E-state index contributed by atoms with van der Waals surface area (Å²) < 4.78 is 7.57. The molecule has 0 unspecified atom stereocenters. The quantitative estimate of drug-likeness (QED) is 0.315. The number of nitrogens with zero attached hydrogens (tertiary/aromatic N) is 2. The maximum atomic E-state index is 14.6. The van der Waals surface area contributed by atoms with E-state index < -0.39 is 38.0 Å². The van der Waals surface area contributed by atoms with Gasteiger partial charge < -0.3 is 34.9 Å². The minimum atomic E-state index is -2.94. The lowest BCUT2D eigenvalue weighted by atomic mass is 9.82. The fraction of sp³-hybridized carbons (Fsp3) is 0.516. The van der Waals surface area contributed by atoms with Crippen LogP contribution in [0.5, 0.6) is 0 Å². The number of ether oxygens (including phenoxy) is 1. The van der Waals surface area contributed by atoms with Crippen molar-refractivity contribution in [2.75, 3.05) is 23.4 Å². The van der Waals surface area contributed by atoms with Crippen molar-refractivity contribution >= 4 is 53.3 Å². The van der Waals surface area contributed by atoms with Crippen molar-refractivity contribution in [2.45, 2.75) is 82.1 Å². The zero-order chi connectivity index (χ0) is 31.3. The normalized spacial score (nSPS) is 27.6. The van der Waals surface area contributed by atoms with Crippen LogP contribution in [0.2, 0.25) is 18.6 Å². The summed E-state index contributed by atoms with van der Waals surface area (Å²) in [5.74, 6) is -1.29. The summed E-state index contributed by atoms with van der Waals surface area (Å²) in [7, 11) is -2.94. The standard InChI is InChI=1S/C31H40BrN3O7Si/c1-18-28(43(3,4)41)26(15-27(38)34-13-5-6-23(34)17-36)42-31(18)24-14-21(32)9-12-25(24)35(30(31)40)16-20-7-10-22(11-8-20)33-29(39)19(2)37/h7-12,14,18-19,23,26,28,36-37,41H,5-6,13,15-17H2,1-4H3,(H,33,39)/t18-,19-,23-,26+,28-,31+/m0/s1. The first-order valence-corrected chi connectivity index (χ1v) is 18.6. The molecule has 3 aliphatic heterocycles. The smallest absolute Gasteiger partial charge is 0.264 e. The van der Waals surface area contributed by atoms with Crippen LogP contribution in [0.4, 0.5) is 11.4 Å². The lowest BCUT2D eigenvalue weighted by Gasteiger charge is -2.32. The summed E-state index contributed by atoms with van der Waals surface area (Å²) in [6, 6.07) is 12.5. The average molecular weight is 675 g/mol. The van der Waals surface area contributed by atoms with E-state index in [1.807, 2.05) is 50.3 Å². The summed E-state index contributed by atoms with van der Waals surface area (Å²) in [5, 5.41) is 21.9. The minimum absolute atomic E-state index is 0.0283. The van der Waals surface area contributed by atoms with Crippen molar-refractivity contribution in [1.82, 2.24) is 4.90 Å². The van der Waals surface area contributed by atoms with Crippen LogP contribution in [0, 0.1) is 5.92 Å². The number of carbonyl (C=O) groups is 3. The molecule has 0 aromatic heterocycles. The van der Waals surface area contributed by atoms with Crippen LogP contribution in [-0.2, 0) is 31.3 Å². The molecule has 0 saturated carbocycles. The number of amides is 3. The van der Waals surface area contributed by atoms with Crippen LogP contribution in [-0.4, -0.2) is 77.3 Å². The van der Waals surface area contributed by atoms with Gasteiger partial charge in [-0.3, -0.25) is 14.4 Å². The molecular weight excluding hydrogens is 634 g/mol. The summed E-state index contributed by atoms with van der Waals surface area (Å²) in [6.07, 6.45) is -0.193. The molecule has 0 aliphatic carbocycles. The van der Waals surface area contributed by atoms with Gasteiger partial charge in [-0.25, -0.2) is 0 Å². The van der Waals surface area contributed by atoms with Crippen molar-refractivity contribution in [3.8, 4) is 0 Å². The highest BCUT2D eigenvalue weighted by molar-refractivity contribution is 9.10. The van der Waals surface area contributed by atoms with Crippen LogP contribution in [0.15, 0.2) is 46.9 Å². The Morgan fingerprint density at radius 2 is 1.91 bits per heavy atom. The molecule has 2 fully saturated rings.